The average molecular weight is 222 g/mol. The van der Waals surface area contributed by atoms with Crippen molar-refractivity contribution in [1.82, 2.24) is 20.8 Å². The molecule has 88 valence electrons. The molecule has 0 bridgehead atoms. The number of nitrogens with one attached hydrogen (secondary N) is 3. The number of hydrogen-bond acceptors (Lipinski definition) is 3. The summed E-state index contributed by atoms with van der Waals surface area (Å²) in [7, 11) is 0. The van der Waals surface area contributed by atoms with Gasteiger partial charge in [-0.1, -0.05) is 6.42 Å². The number of piperidine rings is 1. The topological polar surface area (TPSA) is 69.8 Å². The molecule has 1 aliphatic rings. The Morgan fingerprint density at radius 3 is 3.12 bits per heavy atom. The van der Waals surface area contributed by atoms with Crippen LogP contribution in [0.25, 0.3) is 0 Å². The van der Waals surface area contributed by atoms with Crippen LogP contribution in [0.15, 0.2) is 6.07 Å². The minimum absolute atomic E-state index is 0.100. The summed E-state index contributed by atoms with van der Waals surface area (Å²) in [6, 6.07) is 2.17. The summed E-state index contributed by atoms with van der Waals surface area (Å²) in [4.78, 5) is 11.7. The number of aromatic nitrogens is 2. The summed E-state index contributed by atoms with van der Waals surface area (Å²) in [5.74, 6) is -0.100. The van der Waals surface area contributed by atoms with Crippen molar-refractivity contribution >= 4 is 5.91 Å². The molecule has 5 heteroatoms. The van der Waals surface area contributed by atoms with Gasteiger partial charge in [0.1, 0.15) is 5.69 Å². The van der Waals surface area contributed by atoms with Crippen LogP contribution in [0.1, 0.15) is 35.4 Å². The van der Waals surface area contributed by atoms with Gasteiger partial charge in [-0.3, -0.25) is 9.89 Å². The maximum absolute atomic E-state index is 11.7. The maximum Gasteiger partial charge on any atom is 0.271 e. The minimum Gasteiger partial charge on any atom is -0.349 e. The molecule has 0 radical (unpaired) electrons. The first-order valence-corrected chi connectivity index (χ1v) is 5.79. The van der Waals surface area contributed by atoms with E-state index in [9.17, 15) is 4.79 Å². The van der Waals surface area contributed by atoms with Gasteiger partial charge in [-0.25, -0.2) is 0 Å². The summed E-state index contributed by atoms with van der Waals surface area (Å²) < 4.78 is 0. The van der Waals surface area contributed by atoms with Crippen LogP contribution < -0.4 is 10.6 Å². The SMILES string of the molecule is Cc1cc(C(=O)NCC2CCCCN2)n[nH]1. The molecule has 0 aliphatic carbocycles. The second-order valence-corrected chi connectivity index (χ2v) is 4.29. The monoisotopic (exact) mass is 222 g/mol. The largest absolute Gasteiger partial charge is 0.349 e. The normalized spacial score (nSPS) is 20.7. The molecule has 2 heterocycles. The molecule has 1 fully saturated rings. The minimum atomic E-state index is -0.100. The number of nitrogens with zero attached hydrogens (tertiary/aromatic N) is 1. The third-order valence-corrected chi connectivity index (χ3v) is 2.86. The second-order valence-electron chi connectivity index (χ2n) is 4.29. The Balaban J connectivity index is 1.79. The third kappa shape index (κ3) is 2.82. The van der Waals surface area contributed by atoms with Crippen molar-refractivity contribution in [2.24, 2.45) is 0 Å². The highest BCUT2D eigenvalue weighted by molar-refractivity contribution is 5.92. The first-order chi connectivity index (χ1) is 7.75. The number of carbonyl (C=O) groups excluding carboxylic acids is 1. The second kappa shape index (κ2) is 5.12. The number of carbonyl (C=O) groups is 1. The number of H-pyrrole nitrogens is 1. The number of hydrogen-bond donors (Lipinski definition) is 3. The Kier molecular flexibility index (Phi) is 3.56. The Labute approximate surface area is 95.0 Å². The molecule has 1 aromatic rings. The standard InChI is InChI=1S/C11H18N4O/c1-8-6-10(15-14-8)11(16)13-7-9-4-2-3-5-12-9/h6,9,12H,2-5,7H2,1H3,(H,13,16)(H,14,15). The molecule has 1 aliphatic heterocycles. The molecule has 1 atom stereocenters. The molecule has 1 saturated heterocycles. The van der Waals surface area contributed by atoms with Gasteiger partial charge in [0.2, 0.25) is 0 Å². The van der Waals surface area contributed by atoms with Gasteiger partial charge in [-0.15, -0.1) is 0 Å². The predicted octanol–water partition coefficient (Wildman–Crippen LogP) is 0.590. The van der Waals surface area contributed by atoms with Gasteiger partial charge < -0.3 is 10.6 Å². The summed E-state index contributed by atoms with van der Waals surface area (Å²) in [6.45, 7) is 3.62. The van der Waals surface area contributed by atoms with Crippen LogP contribution in [0.4, 0.5) is 0 Å². The fourth-order valence-electron chi connectivity index (χ4n) is 1.94. The first kappa shape index (κ1) is 11.1. The number of amides is 1. The quantitative estimate of drug-likeness (QED) is 0.701. The van der Waals surface area contributed by atoms with Gasteiger partial charge >= 0.3 is 0 Å². The van der Waals surface area contributed by atoms with Crippen LogP contribution >= 0.6 is 0 Å². The summed E-state index contributed by atoms with van der Waals surface area (Å²) in [5, 5.41) is 13.0. The van der Waals surface area contributed by atoms with E-state index in [1.54, 1.807) is 6.07 Å². The molecule has 0 aromatic carbocycles. The van der Waals surface area contributed by atoms with Gasteiger partial charge in [0, 0.05) is 18.3 Å². The third-order valence-electron chi connectivity index (χ3n) is 2.86. The lowest BCUT2D eigenvalue weighted by Gasteiger charge is -2.23. The average Bonchev–Trinajstić information content (AvgIpc) is 2.74. The van der Waals surface area contributed by atoms with Crippen molar-refractivity contribution in [3.63, 3.8) is 0 Å². The summed E-state index contributed by atoms with van der Waals surface area (Å²) in [6.07, 6.45) is 3.62. The molecule has 1 unspecified atom stereocenters. The van der Waals surface area contributed by atoms with Gasteiger partial charge in [0.25, 0.3) is 5.91 Å². The van der Waals surface area contributed by atoms with Crippen molar-refractivity contribution in [3.05, 3.63) is 17.5 Å². The molecule has 1 amide bonds. The Bertz CT molecular complexity index is 355. The van der Waals surface area contributed by atoms with Crippen molar-refractivity contribution in [2.75, 3.05) is 13.1 Å². The molecule has 16 heavy (non-hydrogen) atoms. The summed E-state index contributed by atoms with van der Waals surface area (Å²) in [5.41, 5.74) is 1.37. The molecule has 0 spiro atoms. The van der Waals surface area contributed by atoms with Gasteiger partial charge in [0.15, 0.2) is 0 Å². The predicted molar refractivity (Wildman–Crippen MR) is 61.3 cm³/mol. The Morgan fingerprint density at radius 1 is 1.62 bits per heavy atom. The maximum atomic E-state index is 11.7. The lowest BCUT2D eigenvalue weighted by molar-refractivity contribution is 0.0942. The number of rotatable bonds is 3. The van der Waals surface area contributed by atoms with E-state index in [4.69, 9.17) is 0 Å². The highest BCUT2D eigenvalue weighted by Gasteiger charge is 2.15. The van der Waals surface area contributed by atoms with Crippen LogP contribution in [-0.4, -0.2) is 35.2 Å². The molecule has 0 saturated carbocycles. The van der Waals surface area contributed by atoms with E-state index in [-0.39, 0.29) is 5.91 Å². The van der Waals surface area contributed by atoms with Crippen LogP contribution in [0, 0.1) is 6.92 Å². The van der Waals surface area contributed by atoms with E-state index >= 15 is 0 Å². The van der Waals surface area contributed by atoms with E-state index < -0.39 is 0 Å². The molecule has 5 nitrogen and oxygen atoms in total. The van der Waals surface area contributed by atoms with Crippen LogP contribution in [0.2, 0.25) is 0 Å². The zero-order valence-corrected chi connectivity index (χ0v) is 9.55. The lowest BCUT2D eigenvalue weighted by Crippen LogP contribution is -2.43. The van der Waals surface area contributed by atoms with E-state index in [1.807, 2.05) is 6.92 Å². The Hall–Kier alpha value is -1.36. The molecular formula is C11H18N4O. The van der Waals surface area contributed by atoms with E-state index in [2.05, 4.69) is 20.8 Å². The summed E-state index contributed by atoms with van der Waals surface area (Å²) >= 11 is 0. The lowest BCUT2D eigenvalue weighted by atomic mass is 10.1. The Morgan fingerprint density at radius 2 is 2.50 bits per heavy atom. The first-order valence-electron chi connectivity index (χ1n) is 5.79. The van der Waals surface area contributed by atoms with Crippen LogP contribution in [-0.2, 0) is 0 Å². The van der Waals surface area contributed by atoms with Gasteiger partial charge in [-0.2, -0.15) is 5.10 Å². The highest BCUT2D eigenvalue weighted by atomic mass is 16.1. The van der Waals surface area contributed by atoms with Crippen LogP contribution in [0.5, 0.6) is 0 Å². The molecule has 3 N–H and O–H groups in total. The van der Waals surface area contributed by atoms with E-state index in [0.717, 1.165) is 18.7 Å². The van der Waals surface area contributed by atoms with Crippen molar-refractivity contribution in [1.29, 1.82) is 0 Å². The van der Waals surface area contributed by atoms with Gasteiger partial charge in [0.05, 0.1) is 0 Å². The molecule has 1 aromatic heterocycles. The number of aromatic amines is 1. The fourth-order valence-corrected chi connectivity index (χ4v) is 1.94. The van der Waals surface area contributed by atoms with Crippen molar-refractivity contribution in [3.8, 4) is 0 Å². The zero-order valence-electron chi connectivity index (χ0n) is 9.55. The molecular weight excluding hydrogens is 204 g/mol. The number of aryl methyl sites for hydroxylation is 1. The van der Waals surface area contributed by atoms with Gasteiger partial charge in [-0.05, 0) is 32.4 Å². The molecule has 2 rings (SSSR count). The smallest absolute Gasteiger partial charge is 0.271 e. The van der Waals surface area contributed by atoms with Crippen LogP contribution in [0.3, 0.4) is 0 Å². The fraction of sp³-hybridized carbons (Fsp3) is 0.636. The zero-order chi connectivity index (χ0) is 11.4. The van der Waals surface area contributed by atoms with Crippen molar-refractivity contribution in [2.45, 2.75) is 32.2 Å². The van der Waals surface area contributed by atoms with Crippen molar-refractivity contribution < 1.29 is 4.79 Å². The van der Waals surface area contributed by atoms with E-state index in [0.29, 0.717) is 18.3 Å². The highest BCUT2D eigenvalue weighted by Crippen LogP contribution is 2.06. The van der Waals surface area contributed by atoms with E-state index in [1.165, 1.54) is 12.8 Å².